The normalized spacial score (nSPS) is 15.2. The molecule has 276 valence electrons. The third-order valence-electron chi connectivity index (χ3n) is 11.6. The highest BCUT2D eigenvalue weighted by atomic mass is 16.3. The topological polar surface area (TPSA) is 37.3 Å². The lowest BCUT2D eigenvalue weighted by Crippen LogP contribution is -2.22. The van der Waals surface area contributed by atoms with Crippen LogP contribution >= 0.6 is 0 Å². The van der Waals surface area contributed by atoms with Gasteiger partial charge in [-0.1, -0.05) is 133 Å². The van der Waals surface area contributed by atoms with Gasteiger partial charge in [-0.3, -0.25) is 4.79 Å². The third-order valence-corrected chi connectivity index (χ3v) is 11.6. The van der Waals surface area contributed by atoms with Crippen LogP contribution in [0.3, 0.4) is 0 Å². The average molecular weight is 673 g/mol. The fourth-order valence-electron chi connectivity index (χ4n) is 8.82. The van der Waals surface area contributed by atoms with E-state index in [1.165, 1.54) is 33.4 Å². The smallest absolute Gasteiger partial charge is 0.227 e. The molecule has 49 heavy (non-hydrogen) atoms. The van der Waals surface area contributed by atoms with Crippen molar-refractivity contribution >= 4 is 11.9 Å². The first kappa shape index (κ1) is 42.8. The molecule has 5 atom stereocenters. The molecule has 0 aliphatic rings. The Balaban J connectivity index is 3.22. The number of aliphatic hydroxyl groups is 1. The summed E-state index contributed by atoms with van der Waals surface area (Å²) >= 11 is 0. The van der Waals surface area contributed by atoms with Gasteiger partial charge in [-0.05, 0) is 145 Å². The number of aryl methyl sites for hydroxylation is 1. The van der Waals surface area contributed by atoms with Gasteiger partial charge in [0, 0.05) is 5.56 Å². The molecule has 2 heteroatoms. The number of hydrogen-bond acceptors (Lipinski definition) is 2. The Bertz CT molecular complexity index is 1250. The van der Waals surface area contributed by atoms with Crippen LogP contribution in [0, 0.1) is 0 Å². The molecule has 0 radical (unpaired) electrons. The molecule has 1 N–H and O–H groups in total. The minimum atomic E-state index is -0.147. The molecule has 0 bridgehead atoms. The van der Waals surface area contributed by atoms with E-state index >= 15 is 4.79 Å². The van der Waals surface area contributed by atoms with Crippen LogP contribution in [0.25, 0.3) is 6.08 Å². The van der Waals surface area contributed by atoms with Gasteiger partial charge in [0.05, 0.1) is 0 Å². The van der Waals surface area contributed by atoms with Gasteiger partial charge in [0.1, 0.15) is 0 Å². The largest absolute Gasteiger partial charge is 0.504 e. The van der Waals surface area contributed by atoms with Crippen molar-refractivity contribution in [2.45, 2.75) is 208 Å². The van der Waals surface area contributed by atoms with Crippen LogP contribution in [0.4, 0.5) is 0 Å². The first-order chi connectivity index (χ1) is 23.7. The highest BCUT2D eigenvalue weighted by Crippen LogP contribution is 2.47. The van der Waals surface area contributed by atoms with Crippen LogP contribution in [-0.4, -0.2) is 10.9 Å². The van der Waals surface area contributed by atoms with Crippen molar-refractivity contribution in [3.05, 3.63) is 74.5 Å². The van der Waals surface area contributed by atoms with E-state index in [1.54, 1.807) is 0 Å². The Hall–Kier alpha value is -2.35. The predicted octanol–water partition coefficient (Wildman–Crippen LogP) is 15.5. The number of carbonyl (C=O) groups is 1. The van der Waals surface area contributed by atoms with Crippen molar-refractivity contribution in [3.63, 3.8) is 0 Å². The monoisotopic (exact) mass is 673 g/mol. The Morgan fingerprint density at radius 3 is 1.31 bits per heavy atom. The second-order valence-corrected chi connectivity index (χ2v) is 14.9. The molecule has 0 fully saturated rings. The number of Topliss-reactive ketones (excluding diaryl/α,β-unsaturated/α-hetero) is 1. The van der Waals surface area contributed by atoms with E-state index in [0.29, 0.717) is 29.6 Å². The number of allylic oxidation sites excluding steroid dienone is 1. The lowest BCUT2D eigenvalue weighted by molar-refractivity contribution is 0.0977. The maximum atomic E-state index is 15.4. The van der Waals surface area contributed by atoms with Crippen molar-refractivity contribution < 1.29 is 9.90 Å². The van der Waals surface area contributed by atoms with E-state index in [-0.39, 0.29) is 11.5 Å². The molecule has 0 aliphatic heterocycles. The fraction of sp³-hybridized carbons (Fsp3) is 0.681. The molecular formula is C47H76O2. The molecule has 2 aromatic carbocycles. The van der Waals surface area contributed by atoms with Crippen LogP contribution in [0.15, 0.2) is 30.0 Å². The van der Waals surface area contributed by atoms with Crippen molar-refractivity contribution in [1.29, 1.82) is 0 Å². The Morgan fingerprint density at radius 2 is 0.939 bits per heavy atom. The summed E-state index contributed by atoms with van der Waals surface area (Å²) in [5.41, 5.74) is 9.75. The lowest BCUT2D eigenvalue weighted by atomic mass is 9.70. The summed E-state index contributed by atoms with van der Waals surface area (Å²) in [6, 6.07) is 9.32. The summed E-state index contributed by atoms with van der Waals surface area (Å²) in [5.74, 6) is 1.59. The van der Waals surface area contributed by atoms with Crippen molar-refractivity contribution in [3.8, 4) is 0 Å². The van der Waals surface area contributed by atoms with E-state index < -0.39 is 0 Å². The molecule has 0 heterocycles. The minimum absolute atomic E-state index is 0.0868. The molecule has 0 saturated carbocycles. The zero-order valence-electron chi connectivity index (χ0n) is 33.9. The molecule has 0 saturated heterocycles. The number of hydrogen-bond donors (Lipinski definition) is 1. The van der Waals surface area contributed by atoms with Gasteiger partial charge in [0.2, 0.25) is 5.78 Å². The van der Waals surface area contributed by atoms with E-state index in [1.807, 2.05) is 6.08 Å². The molecule has 2 aromatic rings. The second kappa shape index (κ2) is 22.5. The van der Waals surface area contributed by atoms with Crippen LogP contribution in [0.5, 0.6) is 0 Å². The number of aliphatic hydroxyl groups excluding tert-OH is 1. The Labute approximate surface area is 304 Å². The van der Waals surface area contributed by atoms with Gasteiger partial charge in [-0.15, -0.1) is 0 Å². The van der Waals surface area contributed by atoms with Crippen LogP contribution in [-0.2, 0) is 6.42 Å². The predicted molar refractivity (Wildman–Crippen MR) is 217 cm³/mol. The van der Waals surface area contributed by atoms with Crippen molar-refractivity contribution in [1.82, 2.24) is 0 Å². The van der Waals surface area contributed by atoms with Crippen LogP contribution in [0.1, 0.15) is 251 Å². The van der Waals surface area contributed by atoms with Gasteiger partial charge in [0.25, 0.3) is 0 Å². The molecule has 0 aromatic heterocycles. The van der Waals surface area contributed by atoms with E-state index in [2.05, 4.69) is 100 Å². The maximum absolute atomic E-state index is 15.4. The zero-order valence-corrected chi connectivity index (χ0v) is 33.9. The molecule has 0 aliphatic carbocycles. The lowest BCUT2D eigenvalue weighted by Gasteiger charge is -2.34. The standard InChI is InChI=1S/C47H76O2/c1-12-23-34(18-7)40-29-28-33(17-6)30-39(40)31-43(48)47(49)46-44(37(21-10)26-15-4)41(35(19-8)24-13-2)32-42(36(20-9)25-14-3)45(46)38(22-11)27-16-5/h28-32,34-38,48H,12-27H2,1-11H3. The van der Waals surface area contributed by atoms with Crippen LogP contribution < -0.4 is 0 Å². The third kappa shape index (κ3) is 10.8. The first-order valence-corrected chi connectivity index (χ1v) is 21.0. The van der Waals surface area contributed by atoms with E-state index in [0.717, 1.165) is 114 Å². The summed E-state index contributed by atoms with van der Waals surface area (Å²) in [4.78, 5) is 15.4. The average Bonchev–Trinajstić information content (AvgIpc) is 3.12. The summed E-state index contributed by atoms with van der Waals surface area (Å²) < 4.78 is 0. The molecule has 2 rings (SSSR count). The van der Waals surface area contributed by atoms with Crippen LogP contribution in [0.2, 0.25) is 0 Å². The number of ketones is 1. The zero-order chi connectivity index (χ0) is 36.5. The SMILES string of the molecule is CCCC(CC)c1ccc(CC)cc1C=C(O)C(=O)c1c(C(CC)CCC)c(C(CC)CCC)cc(C(CC)CCC)c1C(CC)CCC. The highest BCUT2D eigenvalue weighted by molar-refractivity contribution is 6.12. The summed E-state index contributed by atoms with van der Waals surface area (Å²) in [7, 11) is 0. The summed E-state index contributed by atoms with van der Waals surface area (Å²) in [6.45, 7) is 25.1. The maximum Gasteiger partial charge on any atom is 0.227 e. The van der Waals surface area contributed by atoms with Gasteiger partial charge < -0.3 is 5.11 Å². The molecule has 0 spiro atoms. The fourth-order valence-corrected chi connectivity index (χ4v) is 8.82. The number of rotatable bonds is 24. The molecule has 2 nitrogen and oxygen atoms in total. The Morgan fingerprint density at radius 1 is 0.551 bits per heavy atom. The minimum Gasteiger partial charge on any atom is -0.504 e. The van der Waals surface area contributed by atoms with Gasteiger partial charge in [-0.2, -0.15) is 0 Å². The quantitative estimate of drug-likeness (QED) is 0.0684. The Kier molecular flexibility index (Phi) is 19.6. The molecular weight excluding hydrogens is 597 g/mol. The molecule has 0 amide bonds. The number of carbonyl (C=O) groups excluding carboxylic acids is 1. The second-order valence-electron chi connectivity index (χ2n) is 14.9. The van der Waals surface area contributed by atoms with Gasteiger partial charge in [0.15, 0.2) is 5.76 Å². The van der Waals surface area contributed by atoms with Crippen molar-refractivity contribution in [2.24, 2.45) is 0 Å². The van der Waals surface area contributed by atoms with Gasteiger partial charge >= 0.3 is 0 Å². The van der Waals surface area contributed by atoms with Crippen molar-refractivity contribution in [2.75, 3.05) is 0 Å². The highest BCUT2D eigenvalue weighted by Gasteiger charge is 2.34. The summed E-state index contributed by atoms with van der Waals surface area (Å²) in [5, 5.41) is 12.2. The number of benzene rings is 2. The van der Waals surface area contributed by atoms with Gasteiger partial charge in [-0.25, -0.2) is 0 Å². The molecule has 5 unspecified atom stereocenters. The van der Waals surface area contributed by atoms with E-state index in [4.69, 9.17) is 0 Å². The summed E-state index contributed by atoms with van der Waals surface area (Å²) in [6.07, 6.45) is 19.0. The van der Waals surface area contributed by atoms with E-state index in [9.17, 15) is 5.11 Å². The first-order valence-electron chi connectivity index (χ1n) is 21.0.